The first kappa shape index (κ1) is 14.9. The van der Waals surface area contributed by atoms with E-state index < -0.39 is 0 Å². The van der Waals surface area contributed by atoms with E-state index >= 15 is 0 Å². The molecule has 0 spiro atoms. The molecular weight excluding hydrogens is 272 g/mol. The highest BCUT2D eigenvalue weighted by atomic mass is 35.5. The summed E-state index contributed by atoms with van der Waals surface area (Å²) in [7, 11) is 1.65. The maximum absolute atomic E-state index is 9.82. The molecule has 20 heavy (non-hydrogen) atoms. The molecule has 1 atom stereocenters. The van der Waals surface area contributed by atoms with Crippen LogP contribution in [-0.4, -0.2) is 18.8 Å². The summed E-state index contributed by atoms with van der Waals surface area (Å²) in [4.78, 5) is 0. The summed E-state index contributed by atoms with van der Waals surface area (Å²) in [6.07, 6.45) is 0.744. The van der Waals surface area contributed by atoms with E-state index in [4.69, 9.17) is 16.3 Å². The Balaban J connectivity index is 2.26. The first-order valence-corrected chi connectivity index (χ1v) is 6.95. The van der Waals surface area contributed by atoms with Gasteiger partial charge in [0.1, 0.15) is 5.75 Å². The van der Waals surface area contributed by atoms with Gasteiger partial charge >= 0.3 is 0 Å². The first-order valence-electron chi connectivity index (χ1n) is 6.57. The summed E-state index contributed by atoms with van der Waals surface area (Å²) in [5.74, 6) is 0.835. The maximum Gasteiger partial charge on any atom is 0.118 e. The first-order chi connectivity index (χ1) is 9.57. The van der Waals surface area contributed by atoms with E-state index in [0.29, 0.717) is 5.02 Å². The fourth-order valence-electron chi connectivity index (χ4n) is 2.31. The minimum absolute atomic E-state index is 0.0688. The Kier molecular flexibility index (Phi) is 4.69. The molecule has 2 rings (SSSR count). The maximum atomic E-state index is 9.82. The molecule has 0 aliphatic rings. The van der Waals surface area contributed by atoms with Crippen LogP contribution in [0.4, 0.5) is 0 Å². The van der Waals surface area contributed by atoms with Crippen LogP contribution in [0.3, 0.4) is 0 Å². The minimum Gasteiger partial charge on any atom is -0.497 e. The van der Waals surface area contributed by atoms with E-state index in [1.807, 2.05) is 55.5 Å². The van der Waals surface area contributed by atoms with Crippen molar-refractivity contribution in [1.29, 1.82) is 0 Å². The van der Waals surface area contributed by atoms with Crippen LogP contribution in [0.1, 0.15) is 18.1 Å². The molecule has 0 bridgehead atoms. The van der Waals surface area contributed by atoms with Gasteiger partial charge in [-0.15, -0.1) is 0 Å². The number of ether oxygens (including phenoxy) is 1. The van der Waals surface area contributed by atoms with Crippen molar-refractivity contribution < 1.29 is 9.84 Å². The van der Waals surface area contributed by atoms with Gasteiger partial charge in [-0.3, -0.25) is 0 Å². The SMILES string of the molecule is COc1ccc(CC(C)(CO)c2cccc(Cl)c2)cc1. The van der Waals surface area contributed by atoms with Gasteiger partial charge in [0.05, 0.1) is 13.7 Å². The normalized spacial score (nSPS) is 13.8. The fourth-order valence-corrected chi connectivity index (χ4v) is 2.50. The molecule has 0 radical (unpaired) electrons. The predicted molar refractivity (Wildman–Crippen MR) is 82.6 cm³/mol. The van der Waals surface area contributed by atoms with Crippen molar-refractivity contribution in [3.8, 4) is 5.75 Å². The van der Waals surface area contributed by atoms with E-state index in [-0.39, 0.29) is 12.0 Å². The number of halogens is 1. The summed E-state index contributed by atoms with van der Waals surface area (Å²) >= 11 is 6.05. The molecule has 0 saturated carbocycles. The Hall–Kier alpha value is -1.51. The Morgan fingerprint density at radius 3 is 2.40 bits per heavy atom. The van der Waals surface area contributed by atoms with Gasteiger partial charge in [-0.25, -0.2) is 0 Å². The number of benzene rings is 2. The van der Waals surface area contributed by atoms with E-state index in [1.165, 1.54) is 0 Å². The molecule has 106 valence electrons. The number of hydrogen-bond donors (Lipinski definition) is 1. The third-order valence-electron chi connectivity index (χ3n) is 3.62. The van der Waals surface area contributed by atoms with Crippen molar-refractivity contribution >= 4 is 11.6 Å². The predicted octanol–water partition coefficient (Wildman–Crippen LogP) is 3.84. The highest BCUT2D eigenvalue weighted by molar-refractivity contribution is 6.30. The Labute approximate surface area is 125 Å². The molecule has 0 aromatic heterocycles. The summed E-state index contributed by atoms with van der Waals surface area (Å²) < 4.78 is 5.16. The monoisotopic (exact) mass is 290 g/mol. The molecule has 3 heteroatoms. The van der Waals surface area contributed by atoms with Crippen LogP contribution in [0.15, 0.2) is 48.5 Å². The number of aliphatic hydroxyl groups is 1. The van der Waals surface area contributed by atoms with Crippen LogP contribution in [0.25, 0.3) is 0 Å². The Morgan fingerprint density at radius 2 is 1.85 bits per heavy atom. The molecule has 2 aromatic rings. The van der Waals surface area contributed by atoms with Crippen LogP contribution in [0.5, 0.6) is 5.75 Å². The van der Waals surface area contributed by atoms with E-state index in [1.54, 1.807) is 7.11 Å². The van der Waals surface area contributed by atoms with E-state index in [2.05, 4.69) is 0 Å². The molecule has 0 amide bonds. The second-order valence-corrected chi connectivity index (χ2v) is 5.69. The molecular formula is C17H19ClO2. The zero-order valence-corrected chi connectivity index (χ0v) is 12.5. The van der Waals surface area contributed by atoms with Gasteiger partial charge in [-0.1, -0.05) is 42.8 Å². The Morgan fingerprint density at radius 1 is 1.15 bits per heavy atom. The largest absolute Gasteiger partial charge is 0.497 e. The minimum atomic E-state index is -0.348. The summed E-state index contributed by atoms with van der Waals surface area (Å²) in [5, 5.41) is 10.5. The highest BCUT2D eigenvalue weighted by Crippen LogP contribution is 2.30. The standard InChI is InChI=1S/C17H19ClO2/c1-17(12-19,14-4-3-5-15(18)10-14)11-13-6-8-16(20-2)9-7-13/h3-10,19H,11-12H2,1-2H3. The number of aliphatic hydroxyl groups excluding tert-OH is 1. The summed E-state index contributed by atoms with van der Waals surface area (Å²) in [6.45, 7) is 2.11. The average Bonchev–Trinajstić information content (AvgIpc) is 2.48. The lowest BCUT2D eigenvalue weighted by atomic mass is 9.78. The second kappa shape index (κ2) is 6.29. The molecule has 1 unspecified atom stereocenters. The average molecular weight is 291 g/mol. The van der Waals surface area contributed by atoms with Crippen LogP contribution in [0, 0.1) is 0 Å². The number of methoxy groups -OCH3 is 1. The van der Waals surface area contributed by atoms with Gasteiger partial charge in [-0.05, 0) is 41.8 Å². The van der Waals surface area contributed by atoms with Gasteiger partial charge < -0.3 is 9.84 Å². The van der Waals surface area contributed by atoms with Crippen molar-refractivity contribution in [2.75, 3.05) is 13.7 Å². The third kappa shape index (κ3) is 3.33. The number of rotatable bonds is 5. The molecule has 0 fully saturated rings. The zero-order chi connectivity index (χ0) is 14.6. The van der Waals surface area contributed by atoms with Crippen LogP contribution in [-0.2, 0) is 11.8 Å². The van der Waals surface area contributed by atoms with Crippen molar-refractivity contribution in [3.63, 3.8) is 0 Å². The van der Waals surface area contributed by atoms with Crippen LogP contribution in [0.2, 0.25) is 5.02 Å². The topological polar surface area (TPSA) is 29.5 Å². The van der Waals surface area contributed by atoms with Crippen LogP contribution < -0.4 is 4.74 Å². The molecule has 0 saturated heterocycles. The van der Waals surface area contributed by atoms with Crippen molar-refractivity contribution in [3.05, 3.63) is 64.7 Å². The van der Waals surface area contributed by atoms with Crippen LogP contribution >= 0.6 is 11.6 Å². The molecule has 2 nitrogen and oxygen atoms in total. The second-order valence-electron chi connectivity index (χ2n) is 5.25. The fraction of sp³-hybridized carbons (Fsp3) is 0.294. The highest BCUT2D eigenvalue weighted by Gasteiger charge is 2.26. The summed E-state index contributed by atoms with van der Waals surface area (Å²) in [5.41, 5.74) is 1.85. The summed E-state index contributed by atoms with van der Waals surface area (Å²) in [6, 6.07) is 15.6. The quantitative estimate of drug-likeness (QED) is 0.906. The zero-order valence-electron chi connectivity index (χ0n) is 11.8. The van der Waals surface area contributed by atoms with Gasteiger partial charge in [-0.2, -0.15) is 0 Å². The molecule has 1 N–H and O–H groups in total. The van der Waals surface area contributed by atoms with Crippen molar-refractivity contribution in [1.82, 2.24) is 0 Å². The van der Waals surface area contributed by atoms with Gasteiger partial charge in [0, 0.05) is 10.4 Å². The van der Waals surface area contributed by atoms with E-state index in [0.717, 1.165) is 23.3 Å². The lowest BCUT2D eigenvalue weighted by molar-refractivity contribution is 0.204. The van der Waals surface area contributed by atoms with E-state index in [9.17, 15) is 5.11 Å². The smallest absolute Gasteiger partial charge is 0.118 e. The molecule has 2 aromatic carbocycles. The lowest BCUT2D eigenvalue weighted by Gasteiger charge is -2.28. The third-order valence-corrected chi connectivity index (χ3v) is 3.86. The van der Waals surface area contributed by atoms with Crippen molar-refractivity contribution in [2.45, 2.75) is 18.8 Å². The number of hydrogen-bond acceptors (Lipinski definition) is 2. The van der Waals surface area contributed by atoms with Crippen molar-refractivity contribution in [2.24, 2.45) is 0 Å². The molecule has 0 heterocycles. The molecule has 0 aliphatic carbocycles. The molecule has 0 aliphatic heterocycles. The van der Waals surface area contributed by atoms with Gasteiger partial charge in [0.25, 0.3) is 0 Å². The Bertz CT molecular complexity index is 565. The van der Waals surface area contributed by atoms with Gasteiger partial charge in [0.15, 0.2) is 0 Å². The van der Waals surface area contributed by atoms with Gasteiger partial charge in [0.2, 0.25) is 0 Å². The lowest BCUT2D eigenvalue weighted by Crippen LogP contribution is -2.29.